The zero-order chi connectivity index (χ0) is 21.1. The van der Waals surface area contributed by atoms with Crippen LogP contribution in [0.1, 0.15) is 42.2 Å². The fourth-order valence-corrected chi connectivity index (χ4v) is 4.34. The van der Waals surface area contributed by atoms with E-state index in [-0.39, 0.29) is 6.42 Å². The first-order valence-corrected chi connectivity index (χ1v) is 10.9. The maximum atomic E-state index is 10.9. The van der Waals surface area contributed by atoms with E-state index in [1.54, 1.807) is 0 Å². The number of fused-ring (bicyclic) bond motifs is 1. The molecule has 4 aromatic rings. The van der Waals surface area contributed by atoms with Crippen molar-refractivity contribution in [2.24, 2.45) is 0 Å². The highest BCUT2D eigenvalue weighted by Gasteiger charge is 2.15. The molecule has 0 amide bonds. The van der Waals surface area contributed by atoms with Gasteiger partial charge in [-0.1, -0.05) is 44.2 Å². The van der Waals surface area contributed by atoms with Crippen molar-refractivity contribution in [3.63, 3.8) is 0 Å². The minimum atomic E-state index is -0.830. The van der Waals surface area contributed by atoms with Crippen LogP contribution in [0.5, 0.6) is 5.75 Å². The minimum Gasteiger partial charge on any atom is -0.489 e. The number of imidazole rings is 1. The predicted octanol–water partition coefficient (Wildman–Crippen LogP) is 5.78. The summed E-state index contributed by atoms with van der Waals surface area (Å²) in [7, 11) is 0. The molecule has 6 heteroatoms. The highest BCUT2D eigenvalue weighted by Crippen LogP contribution is 2.34. The van der Waals surface area contributed by atoms with Crippen LogP contribution in [0.25, 0.3) is 16.2 Å². The Morgan fingerprint density at radius 3 is 2.70 bits per heavy atom. The second-order valence-electron chi connectivity index (χ2n) is 7.42. The van der Waals surface area contributed by atoms with E-state index >= 15 is 0 Å². The molecule has 0 aliphatic heterocycles. The second-order valence-corrected chi connectivity index (χ2v) is 8.51. The van der Waals surface area contributed by atoms with Crippen LogP contribution in [0.15, 0.2) is 60.9 Å². The van der Waals surface area contributed by atoms with Gasteiger partial charge in [0.2, 0.25) is 0 Å². The zero-order valence-corrected chi connectivity index (χ0v) is 17.9. The molecule has 0 spiro atoms. The molecule has 30 heavy (non-hydrogen) atoms. The highest BCUT2D eigenvalue weighted by molar-refractivity contribution is 7.17. The predicted molar refractivity (Wildman–Crippen MR) is 119 cm³/mol. The van der Waals surface area contributed by atoms with Crippen molar-refractivity contribution in [2.75, 3.05) is 0 Å². The summed E-state index contributed by atoms with van der Waals surface area (Å²) in [5.41, 5.74) is 4.23. The van der Waals surface area contributed by atoms with Crippen molar-refractivity contribution in [2.45, 2.75) is 39.2 Å². The Balaban J connectivity index is 1.61. The average Bonchev–Trinajstić information content (AvgIpc) is 3.30. The van der Waals surface area contributed by atoms with Gasteiger partial charge < -0.3 is 9.84 Å². The molecule has 2 aromatic heterocycles. The Labute approximate surface area is 179 Å². The van der Waals surface area contributed by atoms with Gasteiger partial charge in [0, 0.05) is 22.8 Å². The van der Waals surface area contributed by atoms with Crippen LogP contribution in [0.2, 0.25) is 0 Å². The van der Waals surface area contributed by atoms with Gasteiger partial charge >= 0.3 is 5.97 Å². The van der Waals surface area contributed by atoms with Crippen LogP contribution >= 0.6 is 11.3 Å². The summed E-state index contributed by atoms with van der Waals surface area (Å²) < 4.78 is 8.06. The summed E-state index contributed by atoms with van der Waals surface area (Å²) in [4.78, 5) is 17.2. The van der Waals surface area contributed by atoms with E-state index < -0.39 is 5.97 Å². The molecule has 5 nitrogen and oxygen atoms in total. The van der Waals surface area contributed by atoms with Crippen LogP contribution < -0.4 is 4.74 Å². The summed E-state index contributed by atoms with van der Waals surface area (Å²) in [5.74, 6) is 0.437. The summed E-state index contributed by atoms with van der Waals surface area (Å²) in [5, 5.41) is 8.98. The highest BCUT2D eigenvalue weighted by atomic mass is 32.1. The van der Waals surface area contributed by atoms with Gasteiger partial charge in [-0.25, -0.2) is 4.98 Å². The minimum absolute atomic E-state index is 0.0228. The van der Waals surface area contributed by atoms with Gasteiger partial charge in [-0.2, -0.15) is 0 Å². The van der Waals surface area contributed by atoms with Crippen LogP contribution in [0.4, 0.5) is 0 Å². The van der Waals surface area contributed by atoms with Crippen molar-refractivity contribution in [3.05, 3.63) is 76.9 Å². The van der Waals surface area contributed by atoms with E-state index in [1.165, 1.54) is 16.9 Å². The van der Waals surface area contributed by atoms with Crippen LogP contribution in [-0.2, 0) is 17.8 Å². The first-order valence-electron chi connectivity index (χ1n) is 10.0. The van der Waals surface area contributed by atoms with Gasteiger partial charge in [-0.05, 0) is 41.7 Å². The lowest BCUT2D eigenvalue weighted by atomic mass is 9.95. The number of carboxylic acid groups (broad SMARTS) is 1. The second kappa shape index (κ2) is 8.71. The largest absolute Gasteiger partial charge is 0.489 e. The number of nitrogens with zero attached hydrogens (tertiary/aromatic N) is 2. The number of benzene rings is 2. The number of rotatable bonds is 8. The normalized spacial score (nSPS) is 12.2. The fourth-order valence-electron chi connectivity index (χ4n) is 3.39. The number of thiazole rings is 1. The zero-order valence-electron chi connectivity index (χ0n) is 17.0. The summed E-state index contributed by atoms with van der Waals surface area (Å²) in [6.45, 7) is 4.92. The number of hydrogen-bond donors (Lipinski definition) is 1. The molecule has 1 N–H and O–H groups in total. The molecule has 154 valence electrons. The molecule has 4 rings (SSSR count). The molecule has 1 atom stereocenters. The lowest BCUT2D eigenvalue weighted by Gasteiger charge is -2.17. The summed E-state index contributed by atoms with van der Waals surface area (Å²) in [6.07, 6.45) is 4.84. The quantitative estimate of drug-likeness (QED) is 0.392. The lowest BCUT2D eigenvalue weighted by Crippen LogP contribution is -2.01. The number of aromatic nitrogens is 2. The molecule has 2 heterocycles. The van der Waals surface area contributed by atoms with E-state index in [1.807, 2.05) is 47.1 Å². The Kier molecular flexibility index (Phi) is 5.86. The SMILES string of the molecule is CCC(C)c1cc(-c2cn3cc(CC(=O)O)sc3n2)ccc1OCc1ccccc1. The maximum Gasteiger partial charge on any atom is 0.308 e. The summed E-state index contributed by atoms with van der Waals surface area (Å²) in [6, 6.07) is 16.4. The molecule has 0 bridgehead atoms. The first kappa shape index (κ1) is 20.2. The van der Waals surface area contributed by atoms with Crippen molar-refractivity contribution in [1.82, 2.24) is 9.38 Å². The third-order valence-electron chi connectivity index (χ3n) is 5.22. The van der Waals surface area contributed by atoms with Crippen LogP contribution in [0.3, 0.4) is 0 Å². The third kappa shape index (κ3) is 4.39. The molecule has 0 saturated carbocycles. The first-order chi connectivity index (χ1) is 14.5. The maximum absolute atomic E-state index is 10.9. The van der Waals surface area contributed by atoms with Crippen molar-refractivity contribution in [1.29, 1.82) is 0 Å². The molecule has 0 aliphatic carbocycles. The molecule has 2 aromatic carbocycles. The average molecular weight is 421 g/mol. The molecule has 0 radical (unpaired) electrons. The van der Waals surface area contributed by atoms with E-state index in [2.05, 4.69) is 32.0 Å². The van der Waals surface area contributed by atoms with Crippen molar-refractivity contribution in [3.8, 4) is 17.0 Å². The van der Waals surface area contributed by atoms with Gasteiger partial charge in [-0.15, -0.1) is 11.3 Å². The number of ether oxygens (including phenoxy) is 1. The van der Waals surface area contributed by atoms with Crippen LogP contribution in [-0.4, -0.2) is 20.5 Å². The molecular formula is C24H24N2O3S. The molecule has 0 saturated heterocycles. The molecular weight excluding hydrogens is 396 g/mol. The van der Waals surface area contributed by atoms with Crippen molar-refractivity contribution >= 4 is 22.3 Å². The fraction of sp³-hybridized carbons (Fsp3) is 0.250. The summed E-state index contributed by atoms with van der Waals surface area (Å²) >= 11 is 1.41. The smallest absolute Gasteiger partial charge is 0.308 e. The van der Waals surface area contributed by atoms with Gasteiger partial charge in [0.05, 0.1) is 12.1 Å². The number of aliphatic carboxylic acids is 1. The van der Waals surface area contributed by atoms with Crippen molar-refractivity contribution < 1.29 is 14.6 Å². The standard InChI is InChI=1S/C24H24N2O3S/c1-3-16(2)20-11-18(9-10-22(20)29-15-17-7-5-4-6-8-17)21-14-26-13-19(12-23(27)28)30-24(26)25-21/h4-11,13-14,16H,3,12,15H2,1-2H3,(H,27,28). The van der Waals surface area contributed by atoms with Gasteiger partial charge in [0.1, 0.15) is 12.4 Å². The Morgan fingerprint density at radius 2 is 2.00 bits per heavy atom. The van der Waals surface area contributed by atoms with Gasteiger partial charge in [0.25, 0.3) is 0 Å². The van der Waals surface area contributed by atoms with E-state index in [4.69, 9.17) is 14.8 Å². The van der Waals surface area contributed by atoms with Crippen LogP contribution in [0, 0.1) is 0 Å². The topological polar surface area (TPSA) is 63.8 Å². The Morgan fingerprint density at radius 1 is 1.20 bits per heavy atom. The number of carboxylic acids is 1. The van der Waals surface area contributed by atoms with Gasteiger partial charge in [0.15, 0.2) is 4.96 Å². The Hall–Kier alpha value is -3.12. The lowest BCUT2D eigenvalue weighted by molar-refractivity contribution is -0.136. The van der Waals surface area contributed by atoms with E-state index in [0.29, 0.717) is 12.5 Å². The van der Waals surface area contributed by atoms with Gasteiger partial charge in [-0.3, -0.25) is 9.20 Å². The molecule has 1 unspecified atom stereocenters. The number of carbonyl (C=O) groups is 1. The third-order valence-corrected chi connectivity index (χ3v) is 6.21. The number of hydrogen-bond acceptors (Lipinski definition) is 4. The monoisotopic (exact) mass is 420 g/mol. The van der Waals surface area contributed by atoms with E-state index in [0.717, 1.165) is 38.8 Å². The molecule has 0 aliphatic rings. The molecule has 0 fully saturated rings. The van der Waals surface area contributed by atoms with E-state index in [9.17, 15) is 4.79 Å². The Bertz CT molecular complexity index is 1130.